The average molecular weight is 408 g/mol. The molecule has 0 aromatic heterocycles. The molecular formula is C23H22ClN3O2. The molecule has 29 heavy (non-hydrogen) atoms. The third-order valence-corrected chi connectivity index (χ3v) is 4.87. The molecule has 0 unspecified atom stereocenters. The number of para-hydroxylation sites is 1. The highest BCUT2D eigenvalue weighted by atomic mass is 35.5. The summed E-state index contributed by atoms with van der Waals surface area (Å²) in [7, 11) is 0. The van der Waals surface area contributed by atoms with Crippen molar-refractivity contribution in [1.29, 1.82) is 0 Å². The SMILES string of the molecule is Cc1ccc(NC(=O)c2ccccc2NCC(=O)Nc2cccc(Cl)c2C)cc1. The number of amides is 2. The highest BCUT2D eigenvalue weighted by Crippen LogP contribution is 2.23. The molecule has 0 aliphatic heterocycles. The van der Waals surface area contributed by atoms with Crippen molar-refractivity contribution in [3.63, 3.8) is 0 Å². The largest absolute Gasteiger partial charge is 0.376 e. The smallest absolute Gasteiger partial charge is 0.257 e. The van der Waals surface area contributed by atoms with Gasteiger partial charge in [-0.05, 0) is 55.8 Å². The number of anilines is 3. The number of carbonyl (C=O) groups excluding carboxylic acids is 2. The molecule has 0 saturated heterocycles. The first-order valence-electron chi connectivity index (χ1n) is 9.20. The number of hydrogen-bond donors (Lipinski definition) is 3. The lowest BCUT2D eigenvalue weighted by Gasteiger charge is -2.13. The number of hydrogen-bond acceptors (Lipinski definition) is 3. The van der Waals surface area contributed by atoms with E-state index in [0.717, 1.165) is 11.1 Å². The molecule has 2 amide bonds. The van der Waals surface area contributed by atoms with Crippen molar-refractivity contribution in [3.05, 3.63) is 88.4 Å². The summed E-state index contributed by atoms with van der Waals surface area (Å²) in [6.45, 7) is 3.84. The molecule has 0 radical (unpaired) electrons. The molecule has 6 heteroatoms. The zero-order valence-corrected chi connectivity index (χ0v) is 17.0. The Morgan fingerprint density at radius 1 is 0.828 bits per heavy atom. The van der Waals surface area contributed by atoms with Gasteiger partial charge in [-0.25, -0.2) is 0 Å². The Hall–Kier alpha value is -3.31. The van der Waals surface area contributed by atoms with Gasteiger partial charge in [0.05, 0.1) is 12.1 Å². The Kier molecular flexibility index (Phi) is 6.52. The summed E-state index contributed by atoms with van der Waals surface area (Å²) in [5, 5.41) is 9.33. The van der Waals surface area contributed by atoms with Crippen molar-refractivity contribution in [2.45, 2.75) is 13.8 Å². The Bertz CT molecular complexity index is 1030. The molecule has 0 aliphatic rings. The fourth-order valence-corrected chi connectivity index (χ4v) is 2.96. The maximum Gasteiger partial charge on any atom is 0.257 e. The summed E-state index contributed by atoms with van der Waals surface area (Å²) in [5.41, 5.74) is 4.33. The summed E-state index contributed by atoms with van der Waals surface area (Å²) in [6, 6.07) is 20.0. The van der Waals surface area contributed by atoms with Crippen LogP contribution in [0.25, 0.3) is 0 Å². The standard InChI is InChI=1S/C23H22ClN3O2/c1-15-10-12-17(13-11-15)26-23(29)18-6-3-4-8-21(18)25-14-22(28)27-20-9-5-7-19(24)16(20)2/h3-13,25H,14H2,1-2H3,(H,26,29)(H,27,28). The number of nitrogens with one attached hydrogen (secondary N) is 3. The van der Waals surface area contributed by atoms with Crippen LogP contribution in [0.2, 0.25) is 5.02 Å². The number of halogens is 1. The van der Waals surface area contributed by atoms with E-state index in [0.29, 0.717) is 27.6 Å². The van der Waals surface area contributed by atoms with Crippen LogP contribution in [-0.2, 0) is 4.79 Å². The molecule has 3 rings (SSSR count). The van der Waals surface area contributed by atoms with Gasteiger partial charge >= 0.3 is 0 Å². The highest BCUT2D eigenvalue weighted by Gasteiger charge is 2.13. The number of benzene rings is 3. The lowest BCUT2D eigenvalue weighted by atomic mass is 10.1. The summed E-state index contributed by atoms with van der Waals surface area (Å²) in [4.78, 5) is 25.0. The summed E-state index contributed by atoms with van der Waals surface area (Å²) >= 11 is 6.09. The molecule has 3 N–H and O–H groups in total. The molecule has 3 aromatic carbocycles. The lowest BCUT2D eigenvalue weighted by molar-refractivity contribution is -0.114. The van der Waals surface area contributed by atoms with Crippen LogP contribution in [-0.4, -0.2) is 18.4 Å². The van der Waals surface area contributed by atoms with Gasteiger partial charge in [0.1, 0.15) is 0 Å². The minimum atomic E-state index is -0.247. The van der Waals surface area contributed by atoms with Gasteiger partial charge in [-0.1, -0.05) is 47.5 Å². The van der Waals surface area contributed by atoms with Crippen molar-refractivity contribution in [1.82, 2.24) is 0 Å². The molecule has 0 heterocycles. The number of carbonyl (C=O) groups is 2. The predicted octanol–water partition coefficient (Wildman–Crippen LogP) is 5.26. The van der Waals surface area contributed by atoms with Crippen LogP contribution in [0.4, 0.5) is 17.1 Å². The van der Waals surface area contributed by atoms with E-state index in [9.17, 15) is 9.59 Å². The van der Waals surface area contributed by atoms with Gasteiger partial charge in [-0.15, -0.1) is 0 Å². The lowest BCUT2D eigenvalue weighted by Crippen LogP contribution is -2.23. The number of rotatable bonds is 6. The molecule has 0 spiro atoms. The van der Waals surface area contributed by atoms with Crippen LogP contribution >= 0.6 is 11.6 Å². The van der Waals surface area contributed by atoms with Crippen LogP contribution in [0.15, 0.2) is 66.7 Å². The second kappa shape index (κ2) is 9.26. The Balaban J connectivity index is 1.65. The van der Waals surface area contributed by atoms with Crippen molar-refractivity contribution in [3.8, 4) is 0 Å². The van der Waals surface area contributed by atoms with E-state index in [1.54, 1.807) is 36.4 Å². The third-order valence-electron chi connectivity index (χ3n) is 4.46. The average Bonchev–Trinajstić information content (AvgIpc) is 2.72. The molecule has 148 valence electrons. The van der Waals surface area contributed by atoms with E-state index in [1.165, 1.54) is 0 Å². The van der Waals surface area contributed by atoms with Crippen LogP contribution in [0, 0.1) is 13.8 Å². The second-order valence-electron chi connectivity index (χ2n) is 6.68. The molecule has 5 nitrogen and oxygen atoms in total. The fourth-order valence-electron chi connectivity index (χ4n) is 2.78. The maximum atomic E-state index is 12.7. The fraction of sp³-hybridized carbons (Fsp3) is 0.130. The Labute approximate surface area is 175 Å². The Morgan fingerprint density at radius 3 is 2.28 bits per heavy atom. The van der Waals surface area contributed by atoms with Crippen molar-refractivity contribution in [2.24, 2.45) is 0 Å². The van der Waals surface area contributed by atoms with Gasteiger partial charge in [0.25, 0.3) is 5.91 Å². The monoisotopic (exact) mass is 407 g/mol. The van der Waals surface area contributed by atoms with E-state index in [4.69, 9.17) is 11.6 Å². The van der Waals surface area contributed by atoms with Crippen molar-refractivity contribution < 1.29 is 9.59 Å². The first-order chi connectivity index (χ1) is 13.9. The summed E-state index contributed by atoms with van der Waals surface area (Å²) in [6.07, 6.45) is 0. The summed E-state index contributed by atoms with van der Waals surface area (Å²) < 4.78 is 0. The second-order valence-corrected chi connectivity index (χ2v) is 7.09. The van der Waals surface area contributed by atoms with Gasteiger partial charge < -0.3 is 16.0 Å². The van der Waals surface area contributed by atoms with Crippen LogP contribution < -0.4 is 16.0 Å². The predicted molar refractivity (Wildman–Crippen MR) is 119 cm³/mol. The minimum Gasteiger partial charge on any atom is -0.376 e. The van der Waals surface area contributed by atoms with E-state index in [-0.39, 0.29) is 18.4 Å². The molecule has 0 bridgehead atoms. The van der Waals surface area contributed by atoms with Gasteiger partial charge in [0.2, 0.25) is 5.91 Å². The normalized spacial score (nSPS) is 10.3. The molecule has 3 aromatic rings. The van der Waals surface area contributed by atoms with Crippen LogP contribution in [0.3, 0.4) is 0 Å². The third kappa shape index (κ3) is 5.36. The van der Waals surface area contributed by atoms with Gasteiger partial charge in [-0.2, -0.15) is 0 Å². The molecule has 0 saturated carbocycles. The number of aryl methyl sites for hydroxylation is 1. The van der Waals surface area contributed by atoms with Crippen LogP contribution in [0.1, 0.15) is 21.5 Å². The van der Waals surface area contributed by atoms with Gasteiger partial charge in [0, 0.05) is 22.1 Å². The Morgan fingerprint density at radius 2 is 1.52 bits per heavy atom. The van der Waals surface area contributed by atoms with Crippen molar-refractivity contribution in [2.75, 3.05) is 22.5 Å². The first-order valence-corrected chi connectivity index (χ1v) is 9.58. The quantitative estimate of drug-likeness (QED) is 0.522. The van der Waals surface area contributed by atoms with E-state index in [2.05, 4.69) is 16.0 Å². The van der Waals surface area contributed by atoms with Gasteiger partial charge in [0.15, 0.2) is 0 Å². The van der Waals surface area contributed by atoms with E-state index in [1.807, 2.05) is 44.2 Å². The molecule has 0 atom stereocenters. The molecular weight excluding hydrogens is 386 g/mol. The zero-order valence-electron chi connectivity index (χ0n) is 16.3. The first kappa shape index (κ1) is 20.4. The highest BCUT2D eigenvalue weighted by molar-refractivity contribution is 6.31. The molecule has 0 aliphatic carbocycles. The van der Waals surface area contributed by atoms with Gasteiger partial charge in [-0.3, -0.25) is 9.59 Å². The van der Waals surface area contributed by atoms with Crippen molar-refractivity contribution >= 4 is 40.5 Å². The van der Waals surface area contributed by atoms with E-state index < -0.39 is 0 Å². The maximum absolute atomic E-state index is 12.7. The topological polar surface area (TPSA) is 70.2 Å². The van der Waals surface area contributed by atoms with Crippen LogP contribution in [0.5, 0.6) is 0 Å². The zero-order chi connectivity index (χ0) is 20.8. The molecule has 0 fully saturated rings. The minimum absolute atomic E-state index is 0.0147. The van der Waals surface area contributed by atoms with E-state index >= 15 is 0 Å². The summed E-state index contributed by atoms with van der Waals surface area (Å²) in [5.74, 6) is -0.479.